The third-order valence-electron chi connectivity index (χ3n) is 1.98. The largest absolute Gasteiger partial charge is 0.481 e. The molecule has 3 N–H and O–H groups in total. The van der Waals surface area contributed by atoms with E-state index >= 15 is 0 Å². The van der Waals surface area contributed by atoms with E-state index in [1.807, 2.05) is 0 Å². The van der Waals surface area contributed by atoms with E-state index in [4.69, 9.17) is 10.8 Å². The summed E-state index contributed by atoms with van der Waals surface area (Å²) < 4.78 is 1.55. The number of hydrogen-bond acceptors (Lipinski definition) is 4. The Bertz CT molecular complexity index is 506. The van der Waals surface area contributed by atoms with E-state index in [9.17, 15) is 4.79 Å². The lowest BCUT2D eigenvalue weighted by molar-refractivity contribution is -0.136. The van der Waals surface area contributed by atoms with E-state index in [1.54, 1.807) is 16.8 Å². The Morgan fingerprint density at radius 2 is 2.40 bits per heavy atom. The fourth-order valence-electron chi connectivity index (χ4n) is 1.30. The Morgan fingerprint density at radius 1 is 1.60 bits per heavy atom. The monoisotopic (exact) mass is 206 g/mol. The van der Waals surface area contributed by atoms with Gasteiger partial charge in [-0.25, -0.2) is 9.50 Å². The maximum atomic E-state index is 10.4. The number of rotatable bonds is 3. The van der Waals surface area contributed by atoms with Gasteiger partial charge in [0.05, 0.1) is 30.2 Å². The molecule has 6 heteroatoms. The normalized spacial score (nSPS) is 10.7. The highest BCUT2D eigenvalue weighted by atomic mass is 16.4. The van der Waals surface area contributed by atoms with Crippen LogP contribution in [-0.2, 0) is 11.2 Å². The first-order valence-corrected chi connectivity index (χ1v) is 4.47. The summed E-state index contributed by atoms with van der Waals surface area (Å²) in [5.41, 5.74) is 7.44. The highest BCUT2D eigenvalue weighted by Gasteiger charge is 2.05. The second-order valence-corrected chi connectivity index (χ2v) is 3.22. The van der Waals surface area contributed by atoms with Gasteiger partial charge in [0.15, 0.2) is 5.65 Å². The Balaban J connectivity index is 2.27. The number of aromatic nitrogens is 3. The van der Waals surface area contributed by atoms with Gasteiger partial charge in [-0.2, -0.15) is 5.10 Å². The van der Waals surface area contributed by atoms with Gasteiger partial charge in [0.25, 0.3) is 0 Å². The topological polar surface area (TPSA) is 93.5 Å². The number of aryl methyl sites for hydroxylation is 1. The Kier molecular flexibility index (Phi) is 2.24. The highest BCUT2D eigenvalue weighted by Crippen LogP contribution is 2.07. The van der Waals surface area contributed by atoms with Crippen LogP contribution in [0.25, 0.3) is 5.65 Å². The van der Waals surface area contributed by atoms with Crippen LogP contribution in [-0.4, -0.2) is 25.7 Å². The first-order chi connectivity index (χ1) is 7.15. The van der Waals surface area contributed by atoms with E-state index < -0.39 is 5.97 Å². The molecule has 0 fully saturated rings. The minimum Gasteiger partial charge on any atom is -0.481 e. The van der Waals surface area contributed by atoms with Crippen LogP contribution < -0.4 is 5.73 Å². The summed E-state index contributed by atoms with van der Waals surface area (Å²) in [6.45, 7) is 0. The lowest BCUT2D eigenvalue weighted by Crippen LogP contribution is -1.98. The quantitative estimate of drug-likeness (QED) is 0.754. The predicted molar refractivity (Wildman–Crippen MR) is 53.4 cm³/mol. The smallest absolute Gasteiger partial charge is 0.303 e. The maximum Gasteiger partial charge on any atom is 0.303 e. The minimum absolute atomic E-state index is 0.0688. The third kappa shape index (κ3) is 2.04. The molecule has 0 spiro atoms. The Morgan fingerprint density at radius 3 is 3.13 bits per heavy atom. The number of nitrogens with zero attached hydrogens (tertiary/aromatic N) is 3. The van der Waals surface area contributed by atoms with Crippen molar-refractivity contribution in [2.75, 3.05) is 5.73 Å². The molecular weight excluding hydrogens is 196 g/mol. The van der Waals surface area contributed by atoms with Gasteiger partial charge < -0.3 is 10.8 Å². The molecule has 0 saturated heterocycles. The average molecular weight is 206 g/mol. The maximum absolute atomic E-state index is 10.4. The molecule has 6 nitrogen and oxygen atoms in total. The van der Waals surface area contributed by atoms with Crippen molar-refractivity contribution in [2.24, 2.45) is 0 Å². The number of aliphatic carboxylic acids is 1. The second kappa shape index (κ2) is 3.56. The van der Waals surface area contributed by atoms with Crippen molar-refractivity contribution >= 4 is 17.3 Å². The van der Waals surface area contributed by atoms with Crippen molar-refractivity contribution in [1.82, 2.24) is 14.6 Å². The first kappa shape index (κ1) is 9.45. The summed E-state index contributed by atoms with van der Waals surface area (Å²) in [6, 6.07) is 1.75. The van der Waals surface area contributed by atoms with Gasteiger partial charge in [0, 0.05) is 12.5 Å². The number of anilines is 1. The third-order valence-corrected chi connectivity index (χ3v) is 1.98. The van der Waals surface area contributed by atoms with Crippen molar-refractivity contribution in [3.8, 4) is 0 Å². The van der Waals surface area contributed by atoms with Gasteiger partial charge in [0.1, 0.15) is 0 Å². The molecule has 2 aromatic heterocycles. The average Bonchev–Trinajstić information content (AvgIpc) is 2.56. The van der Waals surface area contributed by atoms with Crippen molar-refractivity contribution in [2.45, 2.75) is 12.8 Å². The minimum atomic E-state index is -0.834. The zero-order valence-corrected chi connectivity index (χ0v) is 7.92. The SMILES string of the molecule is Nc1cnc2cc(CCC(=O)O)nn2c1. The summed E-state index contributed by atoms with van der Waals surface area (Å²) in [6.07, 6.45) is 3.66. The predicted octanol–water partition coefficient (Wildman–Crippen LogP) is 0.329. The molecule has 0 aliphatic heterocycles. The van der Waals surface area contributed by atoms with Gasteiger partial charge in [-0.15, -0.1) is 0 Å². The van der Waals surface area contributed by atoms with Crippen molar-refractivity contribution in [1.29, 1.82) is 0 Å². The Labute approximate surface area is 85.3 Å². The standard InChI is InChI=1S/C9H10N4O2/c10-6-4-11-8-3-7(1-2-9(14)15)12-13(8)5-6/h3-5H,1-2,10H2,(H,14,15). The summed E-state index contributed by atoms with van der Waals surface area (Å²) >= 11 is 0. The van der Waals surface area contributed by atoms with Crippen LogP contribution in [0, 0.1) is 0 Å². The fourth-order valence-corrected chi connectivity index (χ4v) is 1.30. The molecule has 78 valence electrons. The zero-order chi connectivity index (χ0) is 10.8. The van der Waals surface area contributed by atoms with E-state index in [2.05, 4.69) is 10.1 Å². The molecule has 0 atom stereocenters. The summed E-state index contributed by atoms with van der Waals surface area (Å²) in [4.78, 5) is 14.4. The molecule has 0 unspecified atom stereocenters. The molecule has 15 heavy (non-hydrogen) atoms. The van der Waals surface area contributed by atoms with Gasteiger partial charge in [-0.1, -0.05) is 0 Å². The zero-order valence-electron chi connectivity index (χ0n) is 7.92. The summed E-state index contributed by atoms with van der Waals surface area (Å²) in [7, 11) is 0. The van der Waals surface area contributed by atoms with Crippen LogP contribution >= 0.6 is 0 Å². The second-order valence-electron chi connectivity index (χ2n) is 3.22. The molecule has 0 aromatic carbocycles. The lowest BCUT2D eigenvalue weighted by Gasteiger charge is -1.92. The number of fused-ring (bicyclic) bond motifs is 1. The molecule has 0 amide bonds. The lowest BCUT2D eigenvalue weighted by atomic mass is 10.2. The number of hydrogen-bond donors (Lipinski definition) is 2. The number of nitrogen functional groups attached to an aromatic ring is 1. The van der Waals surface area contributed by atoms with Gasteiger partial charge >= 0.3 is 5.97 Å². The van der Waals surface area contributed by atoms with Crippen LogP contribution in [0.15, 0.2) is 18.5 Å². The van der Waals surface area contributed by atoms with Crippen LogP contribution in [0.4, 0.5) is 5.69 Å². The van der Waals surface area contributed by atoms with Crippen LogP contribution in [0.2, 0.25) is 0 Å². The van der Waals surface area contributed by atoms with Crippen LogP contribution in [0.5, 0.6) is 0 Å². The van der Waals surface area contributed by atoms with Crippen molar-refractivity contribution in [3.05, 3.63) is 24.2 Å². The highest BCUT2D eigenvalue weighted by molar-refractivity contribution is 5.67. The summed E-state index contributed by atoms with van der Waals surface area (Å²) in [5, 5.41) is 12.7. The van der Waals surface area contributed by atoms with E-state index in [1.165, 1.54) is 6.20 Å². The number of nitrogens with two attached hydrogens (primary N) is 1. The first-order valence-electron chi connectivity index (χ1n) is 4.47. The number of carboxylic acids is 1. The molecule has 0 bridgehead atoms. The Hall–Kier alpha value is -2.11. The number of carbonyl (C=O) groups is 1. The molecule has 2 heterocycles. The van der Waals surface area contributed by atoms with E-state index in [0.717, 1.165) is 0 Å². The molecule has 0 saturated carbocycles. The van der Waals surface area contributed by atoms with Crippen LogP contribution in [0.3, 0.4) is 0 Å². The van der Waals surface area contributed by atoms with E-state index in [-0.39, 0.29) is 6.42 Å². The van der Waals surface area contributed by atoms with Crippen molar-refractivity contribution < 1.29 is 9.90 Å². The van der Waals surface area contributed by atoms with Gasteiger partial charge in [-0.05, 0) is 0 Å². The van der Waals surface area contributed by atoms with Crippen LogP contribution in [0.1, 0.15) is 12.1 Å². The van der Waals surface area contributed by atoms with Gasteiger partial charge in [-0.3, -0.25) is 4.79 Å². The fraction of sp³-hybridized carbons (Fsp3) is 0.222. The molecule has 2 rings (SSSR count). The van der Waals surface area contributed by atoms with E-state index in [0.29, 0.717) is 23.4 Å². The molecule has 0 aliphatic rings. The van der Waals surface area contributed by atoms with Gasteiger partial charge in [0.2, 0.25) is 0 Å². The summed E-state index contributed by atoms with van der Waals surface area (Å²) in [5.74, 6) is -0.834. The molecular formula is C9H10N4O2. The van der Waals surface area contributed by atoms with Crippen molar-refractivity contribution in [3.63, 3.8) is 0 Å². The molecule has 0 aliphatic carbocycles. The molecule has 0 radical (unpaired) electrons. The number of carboxylic acid groups (broad SMARTS) is 1. The molecule has 2 aromatic rings.